The van der Waals surface area contributed by atoms with Crippen LogP contribution in [0.3, 0.4) is 0 Å². The Labute approximate surface area is 120 Å². The molecule has 0 bridgehead atoms. The lowest BCUT2D eigenvalue weighted by atomic mass is 10.0. The average Bonchev–Trinajstić information content (AvgIpc) is 2.43. The van der Waals surface area contributed by atoms with E-state index in [4.69, 9.17) is 5.73 Å². The maximum Gasteiger partial charge on any atom is 0.240 e. The van der Waals surface area contributed by atoms with Gasteiger partial charge in [-0.25, -0.2) is 0 Å². The predicted octanol–water partition coefficient (Wildman–Crippen LogP) is 2.74. The van der Waals surface area contributed by atoms with Crippen molar-refractivity contribution in [1.82, 2.24) is 4.90 Å². The van der Waals surface area contributed by atoms with E-state index < -0.39 is 6.04 Å². The average molecular weight is 280 g/mol. The fraction of sp³-hybridized carbons (Fsp3) is 0.533. The number of benzene rings is 1. The van der Waals surface area contributed by atoms with Crippen LogP contribution in [0.1, 0.15) is 26.3 Å². The van der Waals surface area contributed by atoms with Crippen molar-refractivity contribution in [2.45, 2.75) is 38.3 Å². The molecule has 1 aromatic rings. The van der Waals surface area contributed by atoms with Gasteiger partial charge in [0.1, 0.15) is 0 Å². The van der Waals surface area contributed by atoms with Crippen LogP contribution in [0.25, 0.3) is 0 Å². The van der Waals surface area contributed by atoms with E-state index in [9.17, 15) is 4.79 Å². The molecule has 1 rings (SSSR count). The lowest BCUT2D eigenvalue weighted by Gasteiger charge is -2.26. The molecule has 106 valence electrons. The topological polar surface area (TPSA) is 46.3 Å². The van der Waals surface area contributed by atoms with Gasteiger partial charge in [-0.1, -0.05) is 26.0 Å². The summed E-state index contributed by atoms with van der Waals surface area (Å²) < 4.78 is 0. The fourth-order valence-electron chi connectivity index (χ4n) is 1.79. The summed E-state index contributed by atoms with van der Waals surface area (Å²) in [5, 5.41) is 0. The van der Waals surface area contributed by atoms with Crippen LogP contribution in [0.4, 0.5) is 0 Å². The number of carbonyl (C=O) groups excluding carboxylic acids is 1. The Morgan fingerprint density at radius 1 is 1.32 bits per heavy atom. The standard InChI is InChI=1S/C15H24N2OS/c1-5-17(15(18)14(16)11(2)3)10-12-6-8-13(19-4)9-7-12/h6-9,11,14H,5,10,16H2,1-4H3. The monoisotopic (exact) mass is 280 g/mol. The molecule has 19 heavy (non-hydrogen) atoms. The smallest absolute Gasteiger partial charge is 0.240 e. The number of hydrogen-bond donors (Lipinski definition) is 1. The summed E-state index contributed by atoms with van der Waals surface area (Å²) in [7, 11) is 0. The first-order valence-electron chi connectivity index (χ1n) is 6.66. The van der Waals surface area contributed by atoms with Crippen molar-refractivity contribution < 1.29 is 4.79 Å². The van der Waals surface area contributed by atoms with E-state index in [2.05, 4.69) is 30.5 Å². The number of amides is 1. The Morgan fingerprint density at radius 3 is 2.32 bits per heavy atom. The van der Waals surface area contributed by atoms with Crippen LogP contribution in [-0.4, -0.2) is 29.6 Å². The summed E-state index contributed by atoms with van der Waals surface area (Å²) in [5.74, 6) is 0.201. The molecule has 3 nitrogen and oxygen atoms in total. The third kappa shape index (κ3) is 4.55. The molecule has 1 unspecified atom stereocenters. The summed E-state index contributed by atoms with van der Waals surface area (Å²) in [6.07, 6.45) is 2.05. The van der Waals surface area contributed by atoms with Gasteiger partial charge in [0.15, 0.2) is 0 Å². The normalized spacial score (nSPS) is 12.5. The van der Waals surface area contributed by atoms with Crippen molar-refractivity contribution in [1.29, 1.82) is 0 Å². The molecule has 1 aromatic carbocycles. The molecule has 0 saturated carbocycles. The Bertz CT molecular complexity index is 403. The first-order valence-corrected chi connectivity index (χ1v) is 7.89. The molecular weight excluding hydrogens is 256 g/mol. The van der Waals surface area contributed by atoms with Gasteiger partial charge in [0.2, 0.25) is 5.91 Å². The summed E-state index contributed by atoms with van der Waals surface area (Å²) in [4.78, 5) is 15.3. The van der Waals surface area contributed by atoms with Gasteiger partial charge < -0.3 is 10.6 Å². The van der Waals surface area contributed by atoms with Gasteiger partial charge in [0.05, 0.1) is 6.04 Å². The van der Waals surface area contributed by atoms with Crippen LogP contribution in [0.15, 0.2) is 29.2 Å². The van der Waals surface area contributed by atoms with Gasteiger partial charge >= 0.3 is 0 Å². The number of nitrogens with zero attached hydrogens (tertiary/aromatic N) is 1. The van der Waals surface area contributed by atoms with Crippen LogP contribution < -0.4 is 5.73 Å². The Balaban J connectivity index is 2.72. The Morgan fingerprint density at radius 2 is 1.89 bits per heavy atom. The lowest BCUT2D eigenvalue weighted by Crippen LogP contribution is -2.46. The van der Waals surface area contributed by atoms with Gasteiger partial charge in [-0.2, -0.15) is 0 Å². The highest BCUT2D eigenvalue weighted by Crippen LogP contribution is 2.16. The summed E-state index contributed by atoms with van der Waals surface area (Å²) in [5.41, 5.74) is 7.08. The van der Waals surface area contributed by atoms with Crippen molar-refractivity contribution >= 4 is 17.7 Å². The first kappa shape index (κ1) is 16.1. The molecule has 0 heterocycles. The van der Waals surface area contributed by atoms with E-state index in [1.54, 1.807) is 11.8 Å². The Kier molecular flexibility index (Phi) is 6.38. The zero-order valence-electron chi connectivity index (χ0n) is 12.2. The highest BCUT2D eigenvalue weighted by molar-refractivity contribution is 7.98. The summed E-state index contributed by atoms with van der Waals surface area (Å²) in [6.45, 7) is 7.25. The fourth-order valence-corrected chi connectivity index (χ4v) is 2.20. The molecule has 0 aromatic heterocycles. The second-order valence-electron chi connectivity index (χ2n) is 4.97. The third-order valence-electron chi connectivity index (χ3n) is 3.23. The highest BCUT2D eigenvalue weighted by atomic mass is 32.2. The van der Waals surface area contributed by atoms with E-state index in [1.807, 2.05) is 25.7 Å². The highest BCUT2D eigenvalue weighted by Gasteiger charge is 2.22. The maximum absolute atomic E-state index is 12.2. The minimum atomic E-state index is -0.412. The van der Waals surface area contributed by atoms with Crippen molar-refractivity contribution in [3.8, 4) is 0 Å². The van der Waals surface area contributed by atoms with Crippen LogP contribution >= 0.6 is 11.8 Å². The summed E-state index contributed by atoms with van der Waals surface area (Å²) in [6, 6.07) is 7.90. The summed E-state index contributed by atoms with van der Waals surface area (Å²) >= 11 is 1.72. The van der Waals surface area contributed by atoms with E-state index in [0.29, 0.717) is 13.1 Å². The molecule has 4 heteroatoms. The largest absolute Gasteiger partial charge is 0.337 e. The quantitative estimate of drug-likeness (QED) is 0.815. The van der Waals surface area contributed by atoms with E-state index >= 15 is 0 Å². The second kappa shape index (κ2) is 7.56. The lowest BCUT2D eigenvalue weighted by molar-refractivity contribution is -0.134. The molecule has 1 amide bonds. The number of rotatable bonds is 6. The number of nitrogens with two attached hydrogens (primary N) is 1. The van der Waals surface area contributed by atoms with Crippen LogP contribution in [0.5, 0.6) is 0 Å². The zero-order valence-corrected chi connectivity index (χ0v) is 13.0. The van der Waals surface area contributed by atoms with Crippen LogP contribution in [-0.2, 0) is 11.3 Å². The SMILES string of the molecule is CCN(Cc1ccc(SC)cc1)C(=O)C(N)C(C)C. The van der Waals surface area contributed by atoms with Crippen molar-refractivity contribution in [2.75, 3.05) is 12.8 Å². The molecule has 0 fully saturated rings. The van der Waals surface area contributed by atoms with Gasteiger partial charge in [-0.15, -0.1) is 11.8 Å². The maximum atomic E-state index is 12.2. The first-order chi connectivity index (χ1) is 8.99. The number of thioether (sulfide) groups is 1. The van der Waals surface area contributed by atoms with Crippen LogP contribution in [0, 0.1) is 5.92 Å². The minimum Gasteiger partial charge on any atom is -0.337 e. The molecule has 0 aliphatic rings. The van der Waals surface area contributed by atoms with E-state index in [1.165, 1.54) is 4.90 Å². The van der Waals surface area contributed by atoms with Crippen LogP contribution in [0.2, 0.25) is 0 Å². The number of carbonyl (C=O) groups is 1. The van der Waals surface area contributed by atoms with E-state index in [-0.39, 0.29) is 11.8 Å². The molecule has 1 atom stereocenters. The van der Waals surface area contributed by atoms with Gasteiger partial charge in [0, 0.05) is 18.0 Å². The van der Waals surface area contributed by atoms with Gasteiger partial charge in [-0.3, -0.25) is 4.79 Å². The molecule has 0 aliphatic carbocycles. The van der Waals surface area contributed by atoms with Crippen molar-refractivity contribution in [2.24, 2.45) is 11.7 Å². The second-order valence-corrected chi connectivity index (χ2v) is 5.85. The molecule has 0 aliphatic heterocycles. The van der Waals surface area contributed by atoms with Gasteiger partial charge in [-0.05, 0) is 36.8 Å². The predicted molar refractivity (Wildman–Crippen MR) is 82.1 cm³/mol. The molecule has 0 spiro atoms. The number of likely N-dealkylation sites (N-methyl/N-ethyl adjacent to an activating group) is 1. The van der Waals surface area contributed by atoms with Crippen molar-refractivity contribution in [3.05, 3.63) is 29.8 Å². The molecule has 2 N–H and O–H groups in total. The zero-order chi connectivity index (χ0) is 14.4. The molecule has 0 saturated heterocycles. The number of hydrogen-bond acceptors (Lipinski definition) is 3. The Hall–Kier alpha value is -1.00. The third-order valence-corrected chi connectivity index (χ3v) is 3.97. The van der Waals surface area contributed by atoms with E-state index in [0.717, 1.165) is 5.56 Å². The molecular formula is C15H24N2OS. The van der Waals surface area contributed by atoms with Crippen molar-refractivity contribution in [3.63, 3.8) is 0 Å². The minimum absolute atomic E-state index is 0.0337. The molecule has 0 radical (unpaired) electrons. The van der Waals surface area contributed by atoms with Gasteiger partial charge in [0.25, 0.3) is 0 Å².